The van der Waals surface area contributed by atoms with Gasteiger partial charge in [0.15, 0.2) is 0 Å². The van der Waals surface area contributed by atoms with Crippen molar-refractivity contribution in [3.63, 3.8) is 0 Å². The van der Waals surface area contributed by atoms with E-state index in [1.165, 1.54) is 24.1 Å². The first-order valence-electron chi connectivity index (χ1n) is 7.31. The number of nitrogens with zero attached hydrogens (tertiary/aromatic N) is 2. The third-order valence-corrected chi connectivity index (χ3v) is 4.33. The number of benzene rings is 1. The first-order valence-corrected chi connectivity index (χ1v) is 7.31. The summed E-state index contributed by atoms with van der Waals surface area (Å²) in [6.07, 6.45) is 7.48. The molecule has 4 rings (SSSR count). The highest BCUT2D eigenvalue weighted by Crippen LogP contribution is 2.43. The van der Waals surface area contributed by atoms with Gasteiger partial charge < -0.3 is 14.6 Å². The van der Waals surface area contributed by atoms with E-state index in [1.54, 1.807) is 0 Å². The maximum absolute atomic E-state index is 6.23. The van der Waals surface area contributed by atoms with Crippen LogP contribution in [0.3, 0.4) is 0 Å². The summed E-state index contributed by atoms with van der Waals surface area (Å²) in [5.74, 6) is 0.992. The van der Waals surface area contributed by atoms with E-state index in [2.05, 4.69) is 33.1 Å². The smallest absolute Gasteiger partial charge is 0.142 e. The van der Waals surface area contributed by atoms with Crippen LogP contribution in [0.5, 0.6) is 5.75 Å². The summed E-state index contributed by atoms with van der Waals surface area (Å²) in [6, 6.07) is 9.29. The van der Waals surface area contributed by atoms with E-state index in [0.717, 1.165) is 12.2 Å². The second-order valence-electron chi connectivity index (χ2n) is 5.68. The SMILES string of the molecule is CNC1CC(c2cncn2C2CC2)Oc2ccccc21. The zero-order chi connectivity index (χ0) is 13.5. The first-order chi connectivity index (χ1) is 9.86. The third-order valence-electron chi connectivity index (χ3n) is 4.33. The lowest BCUT2D eigenvalue weighted by Gasteiger charge is -2.32. The molecule has 0 amide bonds. The molecule has 0 radical (unpaired) electrons. The van der Waals surface area contributed by atoms with E-state index in [1.807, 2.05) is 25.6 Å². The van der Waals surface area contributed by atoms with Crippen LogP contribution >= 0.6 is 0 Å². The van der Waals surface area contributed by atoms with Crippen LogP contribution in [0.15, 0.2) is 36.8 Å². The molecule has 4 nitrogen and oxygen atoms in total. The third kappa shape index (κ3) is 1.91. The highest BCUT2D eigenvalue weighted by Gasteiger charge is 2.33. The monoisotopic (exact) mass is 269 g/mol. The quantitative estimate of drug-likeness (QED) is 0.931. The number of fused-ring (bicyclic) bond motifs is 1. The summed E-state index contributed by atoms with van der Waals surface area (Å²) in [6.45, 7) is 0. The van der Waals surface area contributed by atoms with Crippen molar-refractivity contribution in [1.82, 2.24) is 14.9 Å². The van der Waals surface area contributed by atoms with E-state index in [0.29, 0.717) is 12.1 Å². The molecule has 1 aromatic carbocycles. The Morgan fingerprint density at radius 2 is 2.15 bits per heavy atom. The van der Waals surface area contributed by atoms with Gasteiger partial charge in [0.05, 0.1) is 18.2 Å². The molecule has 0 spiro atoms. The summed E-state index contributed by atoms with van der Waals surface area (Å²) >= 11 is 0. The Hall–Kier alpha value is -1.81. The Balaban J connectivity index is 1.69. The Bertz CT molecular complexity index is 618. The predicted molar refractivity (Wildman–Crippen MR) is 76.7 cm³/mol. The minimum atomic E-state index is 0.0884. The molecule has 4 heteroatoms. The second kappa shape index (κ2) is 4.63. The standard InChI is InChI=1S/C16H19N3O/c1-17-13-8-16(20-15-5-3-2-4-12(13)15)14-9-18-10-19(14)11-6-7-11/h2-5,9-11,13,16-17H,6-8H2,1H3. The molecule has 2 atom stereocenters. The van der Waals surface area contributed by atoms with Crippen molar-refractivity contribution in [2.75, 3.05) is 7.05 Å². The number of hydrogen-bond donors (Lipinski definition) is 1. The van der Waals surface area contributed by atoms with Gasteiger partial charge in [-0.2, -0.15) is 0 Å². The fraction of sp³-hybridized carbons (Fsp3) is 0.438. The lowest BCUT2D eigenvalue weighted by atomic mass is 9.95. The highest BCUT2D eigenvalue weighted by molar-refractivity contribution is 5.38. The lowest BCUT2D eigenvalue weighted by molar-refractivity contribution is 0.145. The molecule has 2 unspecified atom stereocenters. The summed E-state index contributed by atoms with van der Waals surface area (Å²) in [5, 5.41) is 3.41. The van der Waals surface area contributed by atoms with Gasteiger partial charge in [0.1, 0.15) is 11.9 Å². The first kappa shape index (κ1) is 12.0. The minimum absolute atomic E-state index is 0.0884. The van der Waals surface area contributed by atoms with E-state index in [9.17, 15) is 0 Å². The van der Waals surface area contributed by atoms with Crippen LogP contribution in [0, 0.1) is 0 Å². The van der Waals surface area contributed by atoms with Crippen LogP contribution in [0.1, 0.15) is 48.7 Å². The Kier molecular flexibility index (Phi) is 2.77. The van der Waals surface area contributed by atoms with Crippen molar-refractivity contribution in [1.29, 1.82) is 0 Å². The Morgan fingerprint density at radius 3 is 2.95 bits per heavy atom. The summed E-state index contributed by atoms with van der Waals surface area (Å²) in [4.78, 5) is 4.33. The molecule has 1 aliphatic heterocycles. The van der Waals surface area contributed by atoms with Gasteiger partial charge >= 0.3 is 0 Å². The summed E-state index contributed by atoms with van der Waals surface area (Å²) in [7, 11) is 2.02. The van der Waals surface area contributed by atoms with Crippen molar-refractivity contribution in [2.24, 2.45) is 0 Å². The zero-order valence-electron chi connectivity index (χ0n) is 11.6. The van der Waals surface area contributed by atoms with Crippen molar-refractivity contribution >= 4 is 0 Å². The van der Waals surface area contributed by atoms with Gasteiger partial charge in [0.2, 0.25) is 0 Å². The van der Waals surface area contributed by atoms with Gasteiger partial charge in [-0.1, -0.05) is 18.2 Å². The Labute approximate surface area is 118 Å². The van der Waals surface area contributed by atoms with Gasteiger partial charge in [-0.3, -0.25) is 0 Å². The van der Waals surface area contributed by atoms with E-state index < -0.39 is 0 Å². The van der Waals surface area contributed by atoms with Crippen molar-refractivity contribution in [3.05, 3.63) is 48.0 Å². The molecular weight excluding hydrogens is 250 g/mol. The molecule has 1 aliphatic carbocycles. The Morgan fingerprint density at radius 1 is 1.30 bits per heavy atom. The van der Waals surface area contributed by atoms with E-state index in [-0.39, 0.29) is 6.10 Å². The van der Waals surface area contributed by atoms with Gasteiger partial charge in [-0.05, 0) is 26.0 Å². The molecule has 2 aliphatic rings. The minimum Gasteiger partial charge on any atom is -0.484 e. The molecule has 0 saturated heterocycles. The number of nitrogens with one attached hydrogen (secondary N) is 1. The molecule has 1 saturated carbocycles. The van der Waals surface area contributed by atoms with Crippen LogP contribution in [0.4, 0.5) is 0 Å². The molecule has 2 aromatic rings. The number of para-hydroxylation sites is 1. The molecule has 1 N–H and O–H groups in total. The molecule has 104 valence electrons. The van der Waals surface area contributed by atoms with Crippen LogP contribution < -0.4 is 10.1 Å². The van der Waals surface area contributed by atoms with Crippen LogP contribution in [0.2, 0.25) is 0 Å². The number of imidazole rings is 1. The number of rotatable bonds is 3. The second-order valence-corrected chi connectivity index (χ2v) is 5.68. The molecular formula is C16H19N3O. The molecule has 0 bridgehead atoms. The van der Waals surface area contributed by atoms with Gasteiger partial charge in [0.25, 0.3) is 0 Å². The fourth-order valence-electron chi connectivity index (χ4n) is 3.09. The van der Waals surface area contributed by atoms with Crippen LogP contribution in [-0.2, 0) is 0 Å². The van der Waals surface area contributed by atoms with Gasteiger partial charge in [-0.25, -0.2) is 4.98 Å². The largest absolute Gasteiger partial charge is 0.484 e. The maximum Gasteiger partial charge on any atom is 0.142 e. The number of aromatic nitrogens is 2. The zero-order valence-corrected chi connectivity index (χ0v) is 11.6. The molecule has 20 heavy (non-hydrogen) atoms. The summed E-state index contributed by atoms with van der Waals surface area (Å²) < 4.78 is 8.52. The van der Waals surface area contributed by atoms with Crippen molar-refractivity contribution in [3.8, 4) is 5.75 Å². The van der Waals surface area contributed by atoms with Crippen molar-refractivity contribution < 1.29 is 4.74 Å². The number of hydrogen-bond acceptors (Lipinski definition) is 3. The fourth-order valence-corrected chi connectivity index (χ4v) is 3.09. The van der Waals surface area contributed by atoms with E-state index >= 15 is 0 Å². The predicted octanol–water partition coefficient (Wildman–Crippen LogP) is 3.00. The molecule has 1 fully saturated rings. The topological polar surface area (TPSA) is 39.1 Å². The highest BCUT2D eigenvalue weighted by atomic mass is 16.5. The van der Waals surface area contributed by atoms with Crippen LogP contribution in [-0.4, -0.2) is 16.6 Å². The normalized spacial score (nSPS) is 25.1. The average Bonchev–Trinajstić information content (AvgIpc) is 3.23. The van der Waals surface area contributed by atoms with Crippen molar-refractivity contribution in [2.45, 2.75) is 37.5 Å². The summed E-state index contributed by atoms with van der Waals surface area (Å²) in [5.41, 5.74) is 2.46. The molecule has 1 aromatic heterocycles. The lowest BCUT2D eigenvalue weighted by Crippen LogP contribution is -2.27. The van der Waals surface area contributed by atoms with Gasteiger partial charge in [0, 0.05) is 24.1 Å². The van der Waals surface area contributed by atoms with Crippen LogP contribution in [0.25, 0.3) is 0 Å². The average molecular weight is 269 g/mol. The maximum atomic E-state index is 6.23. The van der Waals surface area contributed by atoms with E-state index in [4.69, 9.17) is 4.74 Å². The number of ether oxygens (including phenoxy) is 1. The molecule has 2 heterocycles. The van der Waals surface area contributed by atoms with Gasteiger partial charge in [-0.15, -0.1) is 0 Å².